The molecule has 0 saturated carbocycles. The van der Waals surface area contributed by atoms with E-state index in [0.29, 0.717) is 0 Å². The Morgan fingerprint density at radius 3 is 1.21 bits per heavy atom. The van der Waals surface area contributed by atoms with Crippen LogP contribution >= 0.6 is 7.26 Å². The van der Waals surface area contributed by atoms with Crippen LogP contribution in [0.2, 0.25) is 0 Å². The van der Waals surface area contributed by atoms with Crippen molar-refractivity contribution in [3.05, 3.63) is 126 Å². The molecular weight excluding hydrogens is 355 g/mol. The SMILES string of the molecule is Cc1cc(C)cc(C[P+](c2ccccc2)(c2ccccc2)c2ccccc2)c1. The topological polar surface area (TPSA) is 0 Å². The quantitative estimate of drug-likeness (QED) is 0.383. The van der Waals surface area contributed by atoms with E-state index in [1.54, 1.807) is 0 Å². The minimum absolute atomic E-state index is 1.04. The molecule has 4 aromatic rings. The van der Waals surface area contributed by atoms with Crippen molar-refractivity contribution in [1.82, 2.24) is 0 Å². The zero-order valence-electron chi connectivity index (χ0n) is 16.5. The van der Waals surface area contributed by atoms with Crippen LogP contribution < -0.4 is 15.9 Å². The lowest BCUT2D eigenvalue weighted by Crippen LogP contribution is -2.32. The van der Waals surface area contributed by atoms with Crippen LogP contribution in [0.1, 0.15) is 16.7 Å². The molecule has 1 heteroatoms. The highest BCUT2D eigenvalue weighted by Crippen LogP contribution is 2.58. The van der Waals surface area contributed by atoms with E-state index in [4.69, 9.17) is 0 Å². The van der Waals surface area contributed by atoms with Gasteiger partial charge in [0.25, 0.3) is 0 Å². The van der Waals surface area contributed by atoms with Gasteiger partial charge < -0.3 is 0 Å². The normalized spacial score (nSPS) is 11.4. The maximum atomic E-state index is 2.36. The van der Waals surface area contributed by atoms with Gasteiger partial charge in [0.1, 0.15) is 23.2 Å². The van der Waals surface area contributed by atoms with Crippen molar-refractivity contribution < 1.29 is 0 Å². The summed E-state index contributed by atoms with van der Waals surface area (Å²) in [7, 11) is -1.81. The van der Waals surface area contributed by atoms with Gasteiger partial charge >= 0.3 is 0 Å². The first-order valence-electron chi connectivity index (χ1n) is 9.80. The van der Waals surface area contributed by atoms with Gasteiger partial charge in [0.05, 0.1) is 6.16 Å². The fourth-order valence-electron chi connectivity index (χ4n) is 4.20. The predicted molar refractivity (Wildman–Crippen MR) is 125 cm³/mol. The van der Waals surface area contributed by atoms with E-state index in [-0.39, 0.29) is 0 Å². The lowest BCUT2D eigenvalue weighted by molar-refractivity contribution is 1.29. The van der Waals surface area contributed by atoms with Crippen LogP contribution in [0.25, 0.3) is 0 Å². The van der Waals surface area contributed by atoms with Crippen molar-refractivity contribution in [2.45, 2.75) is 20.0 Å². The summed E-state index contributed by atoms with van der Waals surface area (Å²) in [5.41, 5.74) is 4.09. The smallest absolute Gasteiger partial charge is 0.0620 e. The summed E-state index contributed by atoms with van der Waals surface area (Å²) < 4.78 is 0. The van der Waals surface area contributed by atoms with Gasteiger partial charge in [-0.25, -0.2) is 0 Å². The molecule has 0 atom stereocenters. The number of hydrogen-bond acceptors (Lipinski definition) is 0. The first kappa shape index (κ1) is 18.7. The monoisotopic (exact) mass is 381 g/mol. The standard InChI is InChI=1S/C27H26P/c1-22-18-23(2)20-24(19-22)21-28(25-12-6-3-7-13-25,26-14-8-4-9-15-26)27-16-10-5-11-17-27/h3-20H,21H2,1-2H3/q+1. The van der Waals surface area contributed by atoms with E-state index in [1.807, 2.05) is 0 Å². The summed E-state index contributed by atoms with van der Waals surface area (Å²) in [6.07, 6.45) is 1.04. The molecule has 0 aliphatic rings. The van der Waals surface area contributed by atoms with Crippen molar-refractivity contribution >= 4 is 23.2 Å². The molecule has 4 rings (SSSR count). The van der Waals surface area contributed by atoms with E-state index in [0.717, 1.165) is 6.16 Å². The van der Waals surface area contributed by atoms with E-state index >= 15 is 0 Å². The first-order valence-corrected chi connectivity index (χ1v) is 11.8. The molecular formula is C27H26P+. The van der Waals surface area contributed by atoms with Crippen LogP contribution in [0.5, 0.6) is 0 Å². The van der Waals surface area contributed by atoms with Crippen LogP contribution in [0.15, 0.2) is 109 Å². The van der Waals surface area contributed by atoms with Crippen molar-refractivity contribution in [1.29, 1.82) is 0 Å². The molecule has 138 valence electrons. The molecule has 4 aromatic carbocycles. The minimum atomic E-state index is -1.81. The fourth-order valence-corrected chi connectivity index (χ4v) is 8.42. The molecule has 0 fully saturated rings. The largest absolute Gasteiger partial charge is 0.116 e. The van der Waals surface area contributed by atoms with Crippen LogP contribution in [0, 0.1) is 13.8 Å². The Morgan fingerprint density at radius 1 is 0.500 bits per heavy atom. The second kappa shape index (κ2) is 8.13. The molecule has 0 amide bonds. The lowest BCUT2D eigenvalue weighted by Gasteiger charge is -2.28. The van der Waals surface area contributed by atoms with Gasteiger partial charge in [-0.3, -0.25) is 0 Å². The highest BCUT2D eigenvalue weighted by molar-refractivity contribution is 7.95. The van der Waals surface area contributed by atoms with Crippen LogP contribution in [-0.2, 0) is 6.16 Å². The Bertz CT molecular complexity index is 920. The van der Waals surface area contributed by atoms with Gasteiger partial charge in [0.2, 0.25) is 0 Å². The number of benzene rings is 4. The summed E-state index contributed by atoms with van der Waals surface area (Å²) in [5, 5.41) is 4.31. The zero-order valence-corrected chi connectivity index (χ0v) is 17.4. The molecule has 28 heavy (non-hydrogen) atoms. The molecule has 0 radical (unpaired) electrons. The molecule has 0 bridgehead atoms. The molecule has 0 aliphatic carbocycles. The van der Waals surface area contributed by atoms with Crippen molar-refractivity contribution in [3.8, 4) is 0 Å². The van der Waals surface area contributed by atoms with E-state index in [1.165, 1.54) is 32.6 Å². The third-order valence-electron chi connectivity index (χ3n) is 5.29. The molecule has 0 saturated heterocycles. The molecule has 0 aliphatic heterocycles. The maximum Gasteiger partial charge on any atom is 0.116 e. The summed E-state index contributed by atoms with van der Waals surface area (Å²) in [4.78, 5) is 0. The average Bonchev–Trinajstić information content (AvgIpc) is 2.73. The summed E-state index contributed by atoms with van der Waals surface area (Å²) in [5.74, 6) is 0. The van der Waals surface area contributed by atoms with Crippen molar-refractivity contribution in [2.24, 2.45) is 0 Å². The van der Waals surface area contributed by atoms with Crippen LogP contribution in [0.4, 0.5) is 0 Å². The highest BCUT2D eigenvalue weighted by atomic mass is 31.2. The minimum Gasteiger partial charge on any atom is -0.0620 e. The Hall–Kier alpha value is -2.69. The van der Waals surface area contributed by atoms with E-state index in [2.05, 4.69) is 123 Å². The van der Waals surface area contributed by atoms with Crippen LogP contribution in [0.3, 0.4) is 0 Å². The second-order valence-corrected chi connectivity index (χ2v) is 11.0. The van der Waals surface area contributed by atoms with E-state index < -0.39 is 7.26 Å². The number of aryl methyl sites for hydroxylation is 2. The van der Waals surface area contributed by atoms with Crippen LogP contribution in [-0.4, -0.2) is 0 Å². The Kier molecular flexibility index (Phi) is 5.42. The Labute approximate surface area is 169 Å². The number of rotatable bonds is 5. The van der Waals surface area contributed by atoms with Gasteiger partial charge in [-0.1, -0.05) is 83.9 Å². The Morgan fingerprint density at radius 2 is 0.857 bits per heavy atom. The van der Waals surface area contributed by atoms with E-state index in [9.17, 15) is 0 Å². The summed E-state index contributed by atoms with van der Waals surface area (Å²) >= 11 is 0. The average molecular weight is 381 g/mol. The lowest BCUT2D eigenvalue weighted by atomic mass is 10.1. The van der Waals surface area contributed by atoms with Gasteiger partial charge in [-0.05, 0) is 55.8 Å². The third kappa shape index (κ3) is 3.66. The molecule has 0 heterocycles. The molecule has 0 aromatic heterocycles. The van der Waals surface area contributed by atoms with Gasteiger partial charge in [0.15, 0.2) is 0 Å². The fraction of sp³-hybridized carbons (Fsp3) is 0.111. The summed E-state index contributed by atoms with van der Waals surface area (Å²) in [6.45, 7) is 4.40. The second-order valence-electron chi connectivity index (χ2n) is 7.47. The molecule has 0 nitrogen and oxygen atoms in total. The van der Waals surface area contributed by atoms with Crippen molar-refractivity contribution in [3.63, 3.8) is 0 Å². The zero-order chi connectivity index (χ0) is 19.4. The highest BCUT2D eigenvalue weighted by Gasteiger charge is 2.45. The van der Waals surface area contributed by atoms with Gasteiger partial charge in [0, 0.05) is 0 Å². The molecule has 0 unspecified atom stereocenters. The summed E-state index contributed by atoms with van der Waals surface area (Å²) in [6, 6.07) is 40.3. The first-order chi connectivity index (χ1) is 13.7. The third-order valence-corrected chi connectivity index (χ3v) is 9.67. The molecule has 0 N–H and O–H groups in total. The Balaban J connectivity index is 2.01. The number of hydrogen-bond donors (Lipinski definition) is 0. The predicted octanol–water partition coefficient (Wildman–Crippen LogP) is 5.80. The molecule has 0 spiro atoms. The van der Waals surface area contributed by atoms with Crippen molar-refractivity contribution in [2.75, 3.05) is 0 Å². The van der Waals surface area contributed by atoms with Gasteiger partial charge in [-0.2, -0.15) is 0 Å². The van der Waals surface area contributed by atoms with Gasteiger partial charge in [-0.15, -0.1) is 0 Å². The maximum absolute atomic E-state index is 2.36.